The van der Waals surface area contributed by atoms with Crippen molar-refractivity contribution >= 4 is 17.4 Å². The van der Waals surface area contributed by atoms with Crippen LogP contribution in [-0.4, -0.2) is 29.5 Å². The molecule has 0 bridgehead atoms. The summed E-state index contributed by atoms with van der Waals surface area (Å²) in [6.45, 7) is 2.96. The number of rotatable bonds is 6. The van der Waals surface area contributed by atoms with Gasteiger partial charge in [-0.15, -0.1) is 0 Å². The Balaban J connectivity index is 2.03. The van der Waals surface area contributed by atoms with Gasteiger partial charge in [0.2, 0.25) is 0 Å². The van der Waals surface area contributed by atoms with Crippen molar-refractivity contribution in [3.8, 4) is 0 Å². The summed E-state index contributed by atoms with van der Waals surface area (Å²) in [7, 11) is 1.90. The number of nitrogens with zero attached hydrogens (tertiary/aromatic N) is 3. The minimum absolute atomic E-state index is 0.0994. The molecule has 23 heavy (non-hydrogen) atoms. The topological polar surface area (TPSA) is 58.1 Å². The van der Waals surface area contributed by atoms with Gasteiger partial charge in [-0.1, -0.05) is 13.3 Å². The number of hydrogen-bond acceptors (Lipinski definition) is 4. The summed E-state index contributed by atoms with van der Waals surface area (Å²) < 4.78 is 26.0. The highest BCUT2D eigenvalue weighted by Crippen LogP contribution is 2.14. The molecule has 1 amide bonds. The van der Waals surface area contributed by atoms with Crippen molar-refractivity contribution in [2.75, 3.05) is 23.8 Å². The summed E-state index contributed by atoms with van der Waals surface area (Å²) in [6.07, 6.45) is 4.98. The van der Waals surface area contributed by atoms with Gasteiger partial charge in [-0.25, -0.2) is 18.7 Å². The molecule has 0 aliphatic rings. The number of hydrogen-bond donors (Lipinski definition) is 1. The van der Waals surface area contributed by atoms with E-state index in [0.717, 1.165) is 31.5 Å². The van der Waals surface area contributed by atoms with E-state index in [0.29, 0.717) is 5.82 Å². The van der Waals surface area contributed by atoms with E-state index in [1.807, 2.05) is 11.9 Å². The van der Waals surface area contributed by atoms with Crippen molar-refractivity contribution in [2.45, 2.75) is 19.8 Å². The van der Waals surface area contributed by atoms with Crippen LogP contribution in [0.15, 0.2) is 30.6 Å². The zero-order valence-electron chi connectivity index (χ0n) is 13.0. The van der Waals surface area contributed by atoms with Crippen LogP contribution in [-0.2, 0) is 0 Å². The van der Waals surface area contributed by atoms with Crippen LogP contribution in [0.4, 0.5) is 20.3 Å². The van der Waals surface area contributed by atoms with Crippen molar-refractivity contribution in [3.05, 3.63) is 47.9 Å². The van der Waals surface area contributed by atoms with Crippen LogP contribution in [0.25, 0.3) is 0 Å². The Labute approximate surface area is 133 Å². The van der Waals surface area contributed by atoms with Gasteiger partial charge in [-0.2, -0.15) is 0 Å². The Morgan fingerprint density at radius 3 is 2.61 bits per heavy atom. The fourth-order valence-electron chi connectivity index (χ4n) is 1.91. The third-order valence-electron chi connectivity index (χ3n) is 3.29. The highest BCUT2D eigenvalue weighted by Gasteiger charge is 2.11. The van der Waals surface area contributed by atoms with E-state index in [1.54, 1.807) is 0 Å². The Kier molecular flexibility index (Phi) is 5.56. The molecule has 0 fully saturated rings. The van der Waals surface area contributed by atoms with E-state index in [1.165, 1.54) is 18.5 Å². The van der Waals surface area contributed by atoms with Crippen molar-refractivity contribution < 1.29 is 13.6 Å². The molecule has 1 N–H and O–H groups in total. The highest BCUT2D eigenvalue weighted by atomic mass is 19.2. The lowest BCUT2D eigenvalue weighted by Gasteiger charge is -2.17. The molecule has 0 spiro atoms. The van der Waals surface area contributed by atoms with Gasteiger partial charge in [0.1, 0.15) is 11.5 Å². The molecule has 0 saturated carbocycles. The average molecular weight is 320 g/mol. The molecule has 0 aliphatic heterocycles. The monoisotopic (exact) mass is 320 g/mol. The Morgan fingerprint density at radius 1 is 1.22 bits per heavy atom. The SMILES string of the molecule is CCCCN(C)c1cnc(C(=O)Nc2ccc(F)c(F)c2)cn1. The summed E-state index contributed by atoms with van der Waals surface area (Å²) in [4.78, 5) is 22.2. The minimum atomic E-state index is -1.03. The molecular formula is C16H18F2N4O. The largest absolute Gasteiger partial charge is 0.358 e. The fourth-order valence-corrected chi connectivity index (χ4v) is 1.91. The lowest BCUT2D eigenvalue weighted by atomic mass is 10.3. The summed E-state index contributed by atoms with van der Waals surface area (Å²) in [5.74, 6) is -1.86. The van der Waals surface area contributed by atoms with E-state index in [-0.39, 0.29) is 11.4 Å². The molecule has 0 radical (unpaired) electrons. The lowest BCUT2D eigenvalue weighted by molar-refractivity contribution is 0.102. The van der Waals surface area contributed by atoms with Crippen LogP contribution in [0.3, 0.4) is 0 Å². The first kappa shape index (κ1) is 16.8. The molecule has 0 atom stereocenters. The number of carbonyl (C=O) groups is 1. The summed E-state index contributed by atoms with van der Waals surface area (Å²) in [5, 5.41) is 2.45. The smallest absolute Gasteiger partial charge is 0.275 e. The van der Waals surface area contributed by atoms with Crippen molar-refractivity contribution in [1.29, 1.82) is 0 Å². The first-order chi connectivity index (χ1) is 11.0. The zero-order valence-corrected chi connectivity index (χ0v) is 13.0. The van der Waals surface area contributed by atoms with Gasteiger partial charge >= 0.3 is 0 Å². The number of benzene rings is 1. The van der Waals surface area contributed by atoms with Crippen molar-refractivity contribution in [1.82, 2.24) is 9.97 Å². The molecule has 1 heterocycles. The molecule has 0 saturated heterocycles. The van der Waals surface area contributed by atoms with Crippen LogP contribution in [0.5, 0.6) is 0 Å². The van der Waals surface area contributed by atoms with Crippen LogP contribution in [0.2, 0.25) is 0 Å². The number of carbonyl (C=O) groups excluding carboxylic acids is 1. The molecule has 1 aromatic heterocycles. The van der Waals surface area contributed by atoms with Crippen molar-refractivity contribution in [3.63, 3.8) is 0 Å². The van der Waals surface area contributed by atoms with Gasteiger partial charge in [-0.3, -0.25) is 4.79 Å². The van der Waals surface area contributed by atoms with Crippen LogP contribution < -0.4 is 10.2 Å². The van der Waals surface area contributed by atoms with Crippen molar-refractivity contribution in [2.24, 2.45) is 0 Å². The van der Waals surface area contributed by atoms with Crippen LogP contribution in [0, 0.1) is 11.6 Å². The van der Waals surface area contributed by atoms with E-state index in [2.05, 4.69) is 22.2 Å². The third-order valence-corrected chi connectivity index (χ3v) is 3.29. The second kappa shape index (κ2) is 7.62. The number of halogens is 2. The maximum Gasteiger partial charge on any atom is 0.275 e. The van der Waals surface area contributed by atoms with Gasteiger partial charge in [-0.05, 0) is 18.6 Å². The number of nitrogens with one attached hydrogen (secondary N) is 1. The summed E-state index contributed by atoms with van der Waals surface area (Å²) in [5.41, 5.74) is 0.252. The second-order valence-corrected chi connectivity index (χ2v) is 5.12. The first-order valence-corrected chi connectivity index (χ1v) is 7.31. The van der Waals surface area contributed by atoms with Gasteiger partial charge in [0, 0.05) is 25.3 Å². The molecule has 1 aromatic carbocycles. The van der Waals surface area contributed by atoms with Gasteiger partial charge in [0.15, 0.2) is 11.6 Å². The van der Waals surface area contributed by atoms with E-state index in [9.17, 15) is 13.6 Å². The lowest BCUT2D eigenvalue weighted by Crippen LogP contribution is -2.21. The van der Waals surface area contributed by atoms with E-state index < -0.39 is 17.5 Å². The fraction of sp³-hybridized carbons (Fsp3) is 0.312. The van der Waals surface area contributed by atoms with Gasteiger partial charge < -0.3 is 10.2 Å². The number of amides is 1. The minimum Gasteiger partial charge on any atom is -0.358 e. The third kappa shape index (κ3) is 4.45. The number of unbranched alkanes of at least 4 members (excludes halogenated alkanes) is 1. The molecule has 0 aliphatic carbocycles. The quantitative estimate of drug-likeness (QED) is 0.888. The molecule has 5 nitrogen and oxygen atoms in total. The average Bonchev–Trinajstić information content (AvgIpc) is 2.56. The van der Waals surface area contributed by atoms with Gasteiger partial charge in [0.25, 0.3) is 5.91 Å². The standard InChI is InChI=1S/C16H18F2N4O/c1-3-4-7-22(2)15-10-19-14(9-20-15)16(23)21-11-5-6-12(17)13(18)8-11/h5-6,8-10H,3-4,7H2,1-2H3,(H,21,23). The second-order valence-electron chi connectivity index (χ2n) is 5.12. The van der Waals surface area contributed by atoms with E-state index in [4.69, 9.17) is 0 Å². The molecule has 2 rings (SSSR count). The predicted octanol–water partition coefficient (Wildman–Crippen LogP) is 3.24. The normalized spacial score (nSPS) is 10.4. The maximum absolute atomic E-state index is 13.1. The Hall–Kier alpha value is -2.57. The maximum atomic E-state index is 13.1. The molecular weight excluding hydrogens is 302 g/mol. The summed E-state index contributed by atoms with van der Waals surface area (Å²) >= 11 is 0. The Morgan fingerprint density at radius 2 is 2.00 bits per heavy atom. The van der Waals surface area contributed by atoms with Gasteiger partial charge in [0.05, 0.1) is 12.4 Å². The van der Waals surface area contributed by atoms with E-state index >= 15 is 0 Å². The summed E-state index contributed by atoms with van der Waals surface area (Å²) in [6, 6.07) is 3.13. The highest BCUT2D eigenvalue weighted by molar-refractivity contribution is 6.02. The van der Waals surface area contributed by atoms with Crippen LogP contribution in [0.1, 0.15) is 30.3 Å². The number of aromatic nitrogens is 2. The molecule has 0 unspecified atom stereocenters. The zero-order chi connectivity index (χ0) is 16.8. The molecule has 122 valence electrons. The predicted molar refractivity (Wildman–Crippen MR) is 84.5 cm³/mol. The number of anilines is 2. The van der Waals surface area contributed by atoms with Crippen LogP contribution >= 0.6 is 0 Å². The molecule has 7 heteroatoms. The molecule has 2 aromatic rings. The first-order valence-electron chi connectivity index (χ1n) is 7.31. The Bertz CT molecular complexity index is 676.